The summed E-state index contributed by atoms with van der Waals surface area (Å²) >= 11 is 0. The Morgan fingerprint density at radius 2 is 2.13 bits per heavy atom. The molecule has 0 saturated carbocycles. The fourth-order valence-electron chi connectivity index (χ4n) is 1.89. The van der Waals surface area contributed by atoms with Crippen LogP contribution in [0.1, 0.15) is 12.5 Å². The topological polar surface area (TPSA) is 42.2 Å². The maximum Gasteiger partial charge on any atom is 0.307 e. The standard InChI is InChI=1S/C12H13NO2/c1-2-13-8-9(7-12(14)15)10-5-3-4-6-11(10)13/h3-6,8H,2,7H2,1H3,(H,14,15). The van der Waals surface area contributed by atoms with Crippen LogP contribution in [0.4, 0.5) is 0 Å². The van der Waals surface area contributed by atoms with Crippen molar-refractivity contribution in [2.75, 3.05) is 0 Å². The number of carboxylic acid groups (broad SMARTS) is 1. The Kier molecular flexibility index (Phi) is 2.46. The molecule has 15 heavy (non-hydrogen) atoms. The molecule has 2 rings (SSSR count). The number of aliphatic carboxylic acids is 1. The number of aryl methyl sites for hydroxylation is 1. The molecule has 0 atom stereocenters. The Bertz CT molecular complexity index is 499. The molecular weight excluding hydrogens is 190 g/mol. The highest BCUT2D eigenvalue weighted by molar-refractivity contribution is 5.87. The number of aromatic nitrogens is 1. The molecule has 0 spiro atoms. The lowest BCUT2D eigenvalue weighted by molar-refractivity contribution is -0.136. The van der Waals surface area contributed by atoms with E-state index >= 15 is 0 Å². The zero-order valence-corrected chi connectivity index (χ0v) is 8.60. The first kappa shape index (κ1) is 9.77. The third-order valence-electron chi connectivity index (χ3n) is 2.55. The SMILES string of the molecule is CCn1cc(CC(=O)O)c2ccccc21. The van der Waals surface area contributed by atoms with Crippen LogP contribution in [-0.4, -0.2) is 15.6 Å². The summed E-state index contributed by atoms with van der Waals surface area (Å²) in [6, 6.07) is 7.90. The van der Waals surface area contributed by atoms with E-state index < -0.39 is 5.97 Å². The second kappa shape index (κ2) is 3.77. The van der Waals surface area contributed by atoms with Crippen LogP contribution in [0.2, 0.25) is 0 Å². The van der Waals surface area contributed by atoms with E-state index in [1.54, 1.807) is 0 Å². The van der Waals surface area contributed by atoms with Gasteiger partial charge in [0.25, 0.3) is 0 Å². The van der Waals surface area contributed by atoms with Crippen molar-refractivity contribution in [3.8, 4) is 0 Å². The summed E-state index contributed by atoms with van der Waals surface area (Å²) in [5, 5.41) is 9.84. The molecule has 3 nitrogen and oxygen atoms in total. The number of carboxylic acids is 1. The van der Waals surface area contributed by atoms with Gasteiger partial charge < -0.3 is 9.67 Å². The van der Waals surface area contributed by atoms with Gasteiger partial charge in [0.05, 0.1) is 6.42 Å². The number of rotatable bonds is 3. The second-order valence-electron chi connectivity index (χ2n) is 3.53. The summed E-state index contributed by atoms with van der Waals surface area (Å²) in [5.74, 6) is -0.783. The van der Waals surface area contributed by atoms with Gasteiger partial charge >= 0.3 is 5.97 Å². The zero-order valence-electron chi connectivity index (χ0n) is 8.60. The van der Waals surface area contributed by atoms with E-state index in [2.05, 4.69) is 11.5 Å². The lowest BCUT2D eigenvalue weighted by Gasteiger charge is -1.98. The third kappa shape index (κ3) is 1.73. The molecule has 1 aromatic carbocycles. The predicted molar refractivity (Wildman–Crippen MR) is 59.0 cm³/mol. The molecular formula is C12H13NO2. The number of hydrogen-bond acceptors (Lipinski definition) is 1. The van der Waals surface area contributed by atoms with Gasteiger partial charge in [0.1, 0.15) is 0 Å². The molecule has 3 heteroatoms. The molecule has 0 radical (unpaired) electrons. The quantitative estimate of drug-likeness (QED) is 0.831. The molecule has 0 amide bonds. The van der Waals surface area contributed by atoms with Crippen LogP contribution in [0.25, 0.3) is 10.9 Å². The number of hydrogen-bond donors (Lipinski definition) is 1. The largest absolute Gasteiger partial charge is 0.481 e. The lowest BCUT2D eigenvalue weighted by Crippen LogP contribution is -1.99. The van der Waals surface area contributed by atoms with E-state index in [0.717, 1.165) is 23.0 Å². The maximum absolute atomic E-state index is 10.7. The number of nitrogens with zero attached hydrogens (tertiary/aromatic N) is 1. The summed E-state index contributed by atoms with van der Waals surface area (Å²) in [6.07, 6.45) is 2.02. The molecule has 0 bridgehead atoms. The van der Waals surface area contributed by atoms with Crippen LogP contribution in [0.3, 0.4) is 0 Å². The van der Waals surface area contributed by atoms with Gasteiger partial charge in [-0.25, -0.2) is 0 Å². The molecule has 1 N–H and O–H groups in total. The Hall–Kier alpha value is -1.77. The number of fused-ring (bicyclic) bond motifs is 1. The van der Waals surface area contributed by atoms with Gasteiger partial charge in [-0.05, 0) is 18.6 Å². The van der Waals surface area contributed by atoms with Gasteiger partial charge in [0.15, 0.2) is 0 Å². The molecule has 0 aliphatic carbocycles. The van der Waals surface area contributed by atoms with Crippen molar-refractivity contribution in [1.82, 2.24) is 4.57 Å². The summed E-state index contributed by atoms with van der Waals surface area (Å²) < 4.78 is 2.08. The average Bonchev–Trinajstić information content (AvgIpc) is 2.56. The van der Waals surface area contributed by atoms with Crippen molar-refractivity contribution < 1.29 is 9.90 Å². The summed E-state index contributed by atoms with van der Waals surface area (Å²) in [7, 11) is 0. The van der Waals surface area contributed by atoms with Crippen molar-refractivity contribution in [2.45, 2.75) is 19.9 Å². The monoisotopic (exact) mass is 203 g/mol. The van der Waals surface area contributed by atoms with E-state index in [-0.39, 0.29) is 6.42 Å². The molecule has 78 valence electrons. The van der Waals surface area contributed by atoms with E-state index in [9.17, 15) is 4.79 Å². The van der Waals surface area contributed by atoms with E-state index in [4.69, 9.17) is 5.11 Å². The van der Waals surface area contributed by atoms with E-state index in [1.165, 1.54) is 0 Å². The molecule has 0 unspecified atom stereocenters. The highest BCUT2D eigenvalue weighted by Gasteiger charge is 2.09. The predicted octanol–water partition coefficient (Wildman–Crippen LogP) is 2.29. The maximum atomic E-state index is 10.7. The van der Waals surface area contributed by atoms with Crippen molar-refractivity contribution in [2.24, 2.45) is 0 Å². The van der Waals surface area contributed by atoms with Gasteiger partial charge in [0.2, 0.25) is 0 Å². The average molecular weight is 203 g/mol. The van der Waals surface area contributed by atoms with Crippen LogP contribution in [0, 0.1) is 0 Å². The van der Waals surface area contributed by atoms with Crippen molar-refractivity contribution in [3.05, 3.63) is 36.0 Å². The number of para-hydroxylation sites is 1. The van der Waals surface area contributed by atoms with Gasteiger partial charge in [-0.15, -0.1) is 0 Å². The Labute approximate surface area is 87.9 Å². The smallest absolute Gasteiger partial charge is 0.307 e. The molecule has 2 aromatic rings. The fraction of sp³-hybridized carbons (Fsp3) is 0.250. The molecule has 0 fully saturated rings. The highest BCUT2D eigenvalue weighted by atomic mass is 16.4. The summed E-state index contributed by atoms with van der Waals surface area (Å²) in [4.78, 5) is 10.7. The first-order valence-corrected chi connectivity index (χ1v) is 5.01. The van der Waals surface area contributed by atoms with Crippen LogP contribution in [-0.2, 0) is 17.8 Å². The first-order valence-electron chi connectivity index (χ1n) is 5.01. The van der Waals surface area contributed by atoms with Gasteiger partial charge in [0, 0.05) is 23.6 Å². The second-order valence-corrected chi connectivity index (χ2v) is 3.53. The molecule has 0 saturated heterocycles. The van der Waals surface area contributed by atoms with Crippen molar-refractivity contribution >= 4 is 16.9 Å². The molecule has 0 aliphatic rings. The van der Waals surface area contributed by atoms with Gasteiger partial charge in [-0.3, -0.25) is 4.79 Å². The number of carbonyl (C=O) groups is 1. The molecule has 0 aliphatic heterocycles. The van der Waals surface area contributed by atoms with Crippen LogP contribution in [0.5, 0.6) is 0 Å². The minimum Gasteiger partial charge on any atom is -0.481 e. The van der Waals surface area contributed by atoms with Crippen molar-refractivity contribution in [1.29, 1.82) is 0 Å². The Balaban J connectivity index is 2.59. The van der Waals surface area contributed by atoms with E-state index in [1.807, 2.05) is 30.5 Å². The van der Waals surface area contributed by atoms with E-state index in [0.29, 0.717) is 0 Å². The summed E-state index contributed by atoms with van der Waals surface area (Å²) in [6.45, 7) is 2.91. The molecule has 1 aromatic heterocycles. The minimum atomic E-state index is -0.783. The van der Waals surface area contributed by atoms with Crippen LogP contribution >= 0.6 is 0 Å². The van der Waals surface area contributed by atoms with Gasteiger partial charge in [-0.1, -0.05) is 18.2 Å². The highest BCUT2D eigenvalue weighted by Crippen LogP contribution is 2.21. The number of benzene rings is 1. The Morgan fingerprint density at radius 3 is 2.80 bits per heavy atom. The fourth-order valence-corrected chi connectivity index (χ4v) is 1.89. The molecule has 1 heterocycles. The minimum absolute atomic E-state index is 0.0908. The van der Waals surface area contributed by atoms with Gasteiger partial charge in [-0.2, -0.15) is 0 Å². The first-order chi connectivity index (χ1) is 7.22. The van der Waals surface area contributed by atoms with Crippen molar-refractivity contribution in [3.63, 3.8) is 0 Å². The lowest BCUT2D eigenvalue weighted by atomic mass is 10.1. The zero-order chi connectivity index (χ0) is 10.8. The summed E-state index contributed by atoms with van der Waals surface area (Å²) in [5.41, 5.74) is 2.00. The van der Waals surface area contributed by atoms with Crippen LogP contribution < -0.4 is 0 Å². The third-order valence-corrected chi connectivity index (χ3v) is 2.55. The Morgan fingerprint density at radius 1 is 1.40 bits per heavy atom. The van der Waals surface area contributed by atoms with Crippen LogP contribution in [0.15, 0.2) is 30.5 Å². The normalized spacial score (nSPS) is 10.7.